The molecule has 0 aromatic rings. The summed E-state index contributed by atoms with van der Waals surface area (Å²) in [6.45, 7) is 3.57. The Morgan fingerprint density at radius 1 is 0.470 bits per heavy atom. The average Bonchev–Trinajstić information content (AvgIpc) is 3.31. The fourth-order valence-electron chi connectivity index (χ4n) is 6.63. The molecule has 0 heterocycles. The number of esters is 2. The Morgan fingerprint density at radius 2 is 0.833 bits per heavy atom. The van der Waals surface area contributed by atoms with E-state index in [1.165, 1.54) is 70.6 Å². The summed E-state index contributed by atoms with van der Waals surface area (Å²) in [4.78, 5) is 35.0. The van der Waals surface area contributed by atoms with Crippen LogP contribution < -0.4 is 5.73 Å². The molecule has 2 unspecified atom stereocenters. The molecule has 0 aliphatic carbocycles. The first-order chi connectivity index (χ1) is 32.3. The first-order valence-electron chi connectivity index (χ1n) is 25.9. The van der Waals surface area contributed by atoms with Crippen molar-refractivity contribution < 1.29 is 37.6 Å². The van der Waals surface area contributed by atoms with Crippen molar-refractivity contribution in [2.24, 2.45) is 5.73 Å². The largest absolute Gasteiger partial charge is 0.472 e. The van der Waals surface area contributed by atoms with Crippen LogP contribution in [0.4, 0.5) is 0 Å². The summed E-state index contributed by atoms with van der Waals surface area (Å²) in [7, 11) is -4.40. The second-order valence-corrected chi connectivity index (χ2v) is 18.1. The van der Waals surface area contributed by atoms with Crippen molar-refractivity contribution in [3.05, 3.63) is 109 Å². The van der Waals surface area contributed by atoms with E-state index in [1.807, 2.05) is 0 Å². The third kappa shape index (κ3) is 50.1. The van der Waals surface area contributed by atoms with Gasteiger partial charge in [-0.05, 0) is 83.5 Å². The quantitative estimate of drug-likeness (QED) is 0.0265. The number of ether oxygens (including phenoxy) is 2. The van der Waals surface area contributed by atoms with E-state index in [0.29, 0.717) is 6.42 Å². The predicted octanol–water partition coefficient (Wildman–Crippen LogP) is 15.9. The fourth-order valence-corrected chi connectivity index (χ4v) is 7.39. The molecule has 0 saturated carbocycles. The van der Waals surface area contributed by atoms with Gasteiger partial charge >= 0.3 is 19.8 Å². The summed E-state index contributed by atoms with van der Waals surface area (Å²) in [6.07, 6.45) is 68.4. The van der Waals surface area contributed by atoms with Crippen molar-refractivity contribution in [2.75, 3.05) is 26.4 Å². The highest BCUT2D eigenvalue weighted by atomic mass is 31.2. The lowest BCUT2D eigenvalue weighted by atomic mass is 10.0. The Labute approximate surface area is 403 Å². The van der Waals surface area contributed by atoms with E-state index in [0.717, 1.165) is 96.3 Å². The van der Waals surface area contributed by atoms with Crippen LogP contribution in [0.2, 0.25) is 0 Å². The maximum atomic E-state index is 12.6. The van der Waals surface area contributed by atoms with Crippen LogP contribution in [0.3, 0.4) is 0 Å². The maximum Gasteiger partial charge on any atom is 0.472 e. The molecule has 10 heteroatoms. The number of nitrogens with two attached hydrogens (primary N) is 1. The molecule has 0 radical (unpaired) electrons. The average molecular weight is 940 g/mol. The maximum absolute atomic E-state index is 12.6. The SMILES string of the molecule is CC/C=C\C/C=C\C/C=C\C/C=C\C/C=C\C/C=C\C/C=C\C/C=C\C/C=C\CCCCCC(=O)OC(COC(=O)CCCCCCCCCCCCCCCC)COP(=O)(O)OCCN. The summed E-state index contributed by atoms with van der Waals surface area (Å²) in [5.74, 6) is -0.871. The molecule has 3 N–H and O–H groups in total. The van der Waals surface area contributed by atoms with E-state index in [4.69, 9.17) is 24.3 Å². The van der Waals surface area contributed by atoms with E-state index in [-0.39, 0.29) is 32.6 Å². The highest BCUT2D eigenvalue weighted by molar-refractivity contribution is 7.47. The van der Waals surface area contributed by atoms with Crippen molar-refractivity contribution in [2.45, 2.75) is 206 Å². The first kappa shape index (κ1) is 62.7. The smallest absolute Gasteiger partial charge is 0.462 e. The first-order valence-corrected chi connectivity index (χ1v) is 27.4. The van der Waals surface area contributed by atoms with Gasteiger partial charge < -0.3 is 20.1 Å². The number of unbranched alkanes of at least 4 members (excludes halogenated alkanes) is 16. The van der Waals surface area contributed by atoms with Crippen molar-refractivity contribution in [1.82, 2.24) is 0 Å². The number of carbonyl (C=O) groups is 2. The number of rotatable bonds is 47. The van der Waals surface area contributed by atoms with Gasteiger partial charge in [0.1, 0.15) is 6.61 Å². The zero-order valence-electron chi connectivity index (χ0n) is 41.6. The molecule has 0 spiro atoms. The Hall–Kier alpha value is -3.33. The number of allylic oxidation sites excluding steroid dienone is 18. The molecule has 9 nitrogen and oxygen atoms in total. The highest BCUT2D eigenvalue weighted by Gasteiger charge is 2.26. The van der Waals surface area contributed by atoms with Gasteiger partial charge in [-0.1, -0.05) is 213 Å². The summed E-state index contributed by atoms with van der Waals surface area (Å²) < 4.78 is 32.9. The number of phosphoric ester groups is 1. The van der Waals surface area contributed by atoms with Gasteiger partial charge in [0, 0.05) is 19.4 Å². The minimum atomic E-state index is -4.40. The van der Waals surface area contributed by atoms with Crippen molar-refractivity contribution in [1.29, 1.82) is 0 Å². The van der Waals surface area contributed by atoms with Crippen LogP contribution in [0.25, 0.3) is 0 Å². The molecule has 0 aromatic carbocycles. The summed E-state index contributed by atoms with van der Waals surface area (Å²) in [6, 6.07) is 0. The Balaban J connectivity index is 4.14. The molecule has 66 heavy (non-hydrogen) atoms. The van der Waals surface area contributed by atoms with Gasteiger partial charge in [-0.2, -0.15) is 0 Å². The van der Waals surface area contributed by atoms with Crippen LogP contribution in [0, 0.1) is 0 Å². The van der Waals surface area contributed by atoms with E-state index in [9.17, 15) is 19.0 Å². The third-order valence-corrected chi connectivity index (χ3v) is 11.4. The molecule has 2 atom stereocenters. The lowest BCUT2D eigenvalue weighted by Gasteiger charge is -2.19. The normalized spacial score (nSPS) is 14.1. The Morgan fingerprint density at radius 3 is 1.24 bits per heavy atom. The lowest BCUT2D eigenvalue weighted by molar-refractivity contribution is -0.161. The Bertz CT molecular complexity index is 1440. The highest BCUT2D eigenvalue weighted by Crippen LogP contribution is 2.43. The molecule has 376 valence electrons. The van der Waals surface area contributed by atoms with Crippen molar-refractivity contribution in [3.63, 3.8) is 0 Å². The lowest BCUT2D eigenvalue weighted by Crippen LogP contribution is -2.29. The monoisotopic (exact) mass is 940 g/mol. The molecule has 0 saturated heterocycles. The molecule has 0 aliphatic rings. The van der Waals surface area contributed by atoms with Crippen LogP contribution in [0.15, 0.2) is 109 Å². The van der Waals surface area contributed by atoms with Gasteiger partial charge in [-0.15, -0.1) is 0 Å². The standard InChI is InChI=1S/C56H94NO8P/c1-3-5-7-9-11-13-15-17-19-20-21-22-23-24-25-26-27-28-29-30-31-32-33-34-35-37-39-41-43-45-47-49-56(59)65-54(53-64-66(60,61)63-51-50-57)52-62-55(58)48-46-44-42-40-38-36-18-16-14-12-10-8-6-4-2/h5,7,11,13,17,19,21-22,24-25,27-28,30-31,33-34,37,39,54H,3-4,6,8-10,12,14-16,18,20,23,26,29,32,35-36,38,40-53,57H2,1-2H3,(H,60,61)/b7-5-,13-11-,19-17-,22-21-,25-24-,28-27-,31-30-,34-33-,39-37-. The van der Waals surface area contributed by atoms with E-state index in [2.05, 4.69) is 123 Å². The van der Waals surface area contributed by atoms with Crippen LogP contribution >= 0.6 is 7.82 Å². The molecule has 0 aliphatic heterocycles. The number of hydrogen-bond donors (Lipinski definition) is 2. The molecule has 0 amide bonds. The summed E-state index contributed by atoms with van der Waals surface area (Å²) in [5, 5.41) is 0. The van der Waals surface area contributed by atoms with Gasteiger partial charge in [0.2, 0.25) is 0 Å². The number of phosphoric acid groups is 1. The predicted molar refractivity (Wildman–Crippen MR) is 279 cm³/mol. The molecule has 0 rings (SSSR count). The second-order valence-electron chi connectivity index (χ2n) is 16.7. The molecular weight excluding hydrogens is 846 g/mol. The topological polar surface area (TPSA) is 134 Å². The van der Waals surface area contributed by atoms with Crippen molar-refractivity contribution >= 4 is 19.8 Å². The minimum absolute atomic E-state index is 0.0428. The number of carbonyl (C=O) groups excluding carboxylic acids is 2. The number of hydrogen-bond acceptors (Lipinski definition) is 8. The van der Waals surface area contributed by atoms with E-state index < -0.39 is 32.5 Å². The zero-order valence-corrected chi connectivity index (χ0v) is 42.5. The molecular formula is C56H94NO8P. The summed E-state index contributed by atoms with van der Waals surface area (Å²) in [5.41, 5.74) is 5.36. The second kappa shape index (κ2) is 51.1. The third-order valence-electron chi connectivity index (χ3n) is 10.4. The van der Waals surface area contributed by atoms with E-state index >= 15 is 0 Å². The van der Waals surface area contributed by atoms with Gasteiger partial charge in [0.25, 0.3) is 0 Å². The van der Waals surface area contributed by atoms with Crippen molar-refractivity contribution in [3.8, 4) is 0 Å². The summed E-state index contributed by atoms with van der Waals surface area (Å²) >= 11 is 0. The van der Waals surface area contributed by atoms with Crippen LogP contribution in [0.5, 0.6) is 0 Å². The van der Waals surface area contributed by atoms with Gasteiger partial charge in [-0.25, -0.2) is 4.57 Å². The van der Waals surface area contributed by atoms with Crippen LogP contribution in [0.1, 0.15) is 200 Å². The van der Waals surface area contributed by atoms with Crippen LogP contribution in [-0.2, 0) is 32.7 Å². The van der Waals surface area contributed by atoms with Gasteiger partial charge in [0.05, 0.1) is 13.2 Å². The van der Waals surface area contributed by atoms with Gasteiger partial charge in [0.15, 0.2) is 6.10 Å². The van der Waals surface area contributed by atoms with E-state index in [1.54, 1.807) is 0 Å². The zero-order chi connectivity index (χ0) is 48.1. The molecule has 0 bridgehead atoms. The molecule has 0 fully saturated rings. The molecule has 0 aromatic heterocycles. The van der Waals surface area contributed by atoms with Gasteiger partial charge in [-0.3, -0.25) is 18.6 Å². The Kier molecular flexibility index (Phi) is 48.5. The fraction of sp³-hybridized carbons (Fsp3) is 0.643. The van der Waals surface area contributed by atoms with Crippen LogP contribution in [-0.4, -0.2) is 49.3 Å². The minimum Gasteiger partial charge on any atom is -0.462 e.